The summed E-state index contributed by atoms with van der Waals surface area (Å²) in [6.45, 7) is 4.72. The Morgan fingerprint density at radius 2 is 2.03 bits per heavy atom. The molecule has 7 nitrogen and oxygen atoms in total. The first-order chi connectivity index (χ1) is 14.8. The number of rotatable bonds is 14. The van der Waals surface area contributed by atoms with E-state index in [1.54, 1.807) is 18.2 Å². The van der Waals surface area contributed by atoms with Crippen LogP contribution in [0.5, 0.6) is 5.75 Å². The molecule has 0 aromatic heterocycles. The van der Waals surface area contributed by atoms with Gasteiger partial charge in [-0.3, -0.25) is 4.79 Å². The van der Waals surface area contributed by atoms with E-state index in [-0.39, 0.29) is 12.2 Å². The van der Waals surface area contributed by atoms with E-state index in [4.69, 9.17) is 16.3 Å². The Morgan fingerprint density at radius 1 is 1.29 bits per heavy atom. The number of piperidine rings is 1. The molecule has 3 N–H and O–H groups in total. The van der Waals surface area contributed by atoms with Crippen molar-refractivity contribution < 1.29 is 23.1 Å². The van der Waals surface area contributed by atoms with Gasteiger partial charge < -0.3 is 15.2 Å². The minimum Gasteiger partial charge on any atom is -0.494 e. The average molecular weight is 475 g/mol. The number of aliphatic carboxylic acids is 1. The van der Waals surface area contributed by atoms with Crippen molar-refractivity contribution in [1.82, 2.24) is 10.0 Å². The quantitative estimate of drug-likeness (QED) is 0.356. The van der Waals surface area contributed by atoms with Gasteiger partial charge in [-0.15, -0.1) is 0 Å². The van der Waals surface area contributed by atoms with Crippen molar-refractivity contribution in [2.75, 3.05) is 25.4 Å². The zero-order valence-corrected chi connectivity index (χ0v) is 19.8. The number of carboxylic acid groups (broad SMARTS) is 1. The van der Waals surface area contributed by atoms with E-state index in [1.165, 1.54) is 19.3 Å². The summed E-state index contributed by atoms with van der Waals surface area (Å²) in [5.41, 5.74) is 0.561. The maximum absolute atomic E-state index is 12.1. The third-order valence-electron chi connectivity index (χ3n) is 5.57. The normalized spacial score (nSPS) is 16.2. The molecule has 1 saturated heterocycles. The molecule has 31 heavy (non-hydrogen) atoms. The van der Waals surface area contributed by atoms with Crippen LogP contribution in [-0.2, 0) is 21.2 Å². The summed E-state index contributed by atoms with van der Waals surface area (Å²) in [7, 11) is -3.66. The molecular weight excluding hydrogens is 440 g/mol. The van der Waals surface area contributed by atoms with Gasteiger partial charge in [0.1, 0.15) is 11.8 Å². The van der Waals surface area contributed by atoms with E-state index in [0.717, 1.165) is 31.8 Å². The van der Waals surface area contributed by atoms with E-state index in [0.29, 0.717) is 35.8 Å². The van der Waals surface area contributed by atoms with Crippen LogP contribution < -0.4 is 14.8 Å². The molecule has 2 rings (SSSR count). The van der Waals surface area contributed by atoms with Crippen LogP contribution in [0.15, 0.2) is 18.2 Å². The van der Waals surface area contributed by atoms with Gasteiger partial charge in [0.25, 0.3) is 0 Å². The van der Waals surface area contributed by atoms with E-state index in [9.17, 15) is 18.3 Å². The van der Waals surface area contributed by atoms with Crippen molar-refractivity contribution in [1.29, 1.82) is 0 Å². The highest BCUT2D eigenvalue weighted by atomic mass is 35.5. The van der Waals surface area contributed by atoms with E-state index >= 15 is 0 Å². The molecule has 0 aliphatic carbocycles. The number of carboxylic acids is 1. The smallest absolute Gasteiger partial charge is 0.322 e. The highest BCUT2D eigenvalue weighted by Crippen LogP contribution is 2.25. The van der Waals surface area contributed by atoms with Crippen LogP contribution in [0, 0.1) is 5.92 Å². The Hall–Kier alpha value is -1.35. The maximum atomic E-state index is 12.1. The minimum absolute atomic E-state index is 0.0317. The van der Waals surface area contributed by atoms with Gasteiger partial charge in [0.05, 0.1) is 12.4 Å². The second-order valence-corrected chi connectivity index (χ2v) is 10.5. The number of ether oxygens (including phenoxy) is 1. The first-order valence-corrected chi connectivity index (χ1v) is 13.2. The summed E-state index contributed by atoms with van der Waals surface area (Å²) < 4.78 is 32.2. The highest BCUT2D eigenvalue weighted by molar-refractivity contribution is 7.89. The van der Waals surface area contributed by atoms with Gasteiger partial charge in [0.15, 0.2) is 0 Å². The van der Waals surface area contributed by atoms with Crippen LogP contribution in [0.3, 0.4) is 0 Å². The lowest BCUT2D eigenvalue weighted by Crippen LogP contribution is -2.43. The summed E-state index contributed by atoms with van der Waals surface area (Å²) in [4.78, 5) is 11.6. The van der Waals surface area contributed by atoms with Gasteiger partial charge in [0, 0.05) is 11.4 Å². The van der Waals surface area contributed by atoms with Crippen LogP contribution in [-0.4, -0.2) is 51.0 Å². The molecule has 0 spiro atoms. The van der Waals surface area contributed by atoms with Gasteiger partial charge >= 0.3 is 5.97 Å². The Kier molecular flexibility index (Phi) is 11.1. The van der Waals surface area contributed by atoms with Crippen molar-refractivity contribution >= 4 is 27.6 Å². The topological polar surface area (TPSA) is 105 Å². The van der Waals surface area contributed by atoms with Gasteiger partial charge in [-0.05, 0) is 68.8 Å². The van der Waals surface area contributed by atoms with Gasteiger partial charge in [-0.2, -0.15) is 0 Å². The molecule has 1 aliphatic heterocycles. The predicted octanol–water partition coefficient (Wildman–Crippen LogP) is 3.60. The summed E-state index contributed by atoms with van der Waals surface area (Å²) in [5.74, 6) is 0.124. The molecule has 0 saturated carbocycles. The molecule has 1 atom stereocenters. The molecule has 1 aromatic carbocycles. The third-order valence-corrected chi connectivity index (χ3v) is 7.39. The Morgan fingerprint density at radius 3 is 2.68 bits per heavy atom. The Labute approximate surface area is 190 Å². The van der Waals surface area contributed by atoms with Crippen LogP contribution in [0.2, 0.25) is 5.02 Å². The number of nitrogens with one attached hydrogen (secondary N) is 2. The predicted molar refractivity (Wildman–Crippen MR) is 123 cm³/mol. The number of unbranched alkanes of at least 4 members (excludes halogenated alkanes) is 2. The van der Waals surface area contributed by atoms with E-state index < -0.39 is 22.0 Å². The molecular formula is C22H35ClN2O5S. The summed E-state index contributed by atoms with van der Waals surface area (Å²) in [5, 5.41) is 13.2. The zero-order valence-electron chi connectivity index (χ0n) is 18.2. The first kappa shape index (κ1) is 25.9. The molecule has 1 fully saturated rings. The fourth-order valence-corrected chi connectivity index (χ4v) is 5.34. The lowest BCUT2D eigenvalue weighted by molar-refractivity contribution is -0.138. The highest BCUT2D eigenvalue weighted by Gasteiger charge is 2.25. The molecule has 1 aliphatic rings. The van der Waals surface area contributed by atoms with Gasteiger partial charge in [0.2, 0.25) is 10.0 Å². The largest absolute Gasteiger partial charge is 0.494 e. The van der Waals surface area contributed by atoms with Crippen molar-refractivity contribution in [2.45, 2.75) is 64.3 Å². The third kappa shape index (κ3) is 9.76. The standard InChI is InChI=1S/C22H35ClN2O5S/c1-2-3-14-31(28,29)25-21(22(26)27)15-18-7-8-19(16-20(18)23)30-13-5-4-6-17-9-11-24-12-10-17/h7-8,16-17,21,24-25H,2-6,9-15H2,1H3,(H,26,27)/t21-/m0/s1. The molecule has 9 heteroatoms. The van der Waals surface area contributed by atoms with Crippen molar-refractivity contribution in [2.24, 2.45) is 5.92 Å². The summed E-state index contributed by atoms with van der Waals surface area (Å²) >= 11 is 6.32. The molecule has 176 valence electrons. The minimum atomic E-state index is -3.66. The maximum Gasteiger partial charge on any atom is 0.322 e. The monoisotopic (exact) mass is 474 g/mol. The number of benzene rings is 1. The molecule has 0 amide bonds. The van der Waals surface area contributed by atoms with E-state index in [1.807, 2.05) is 6.92 Å². The number of halogens is 1. The number of carbonyl (C=O) groups is 1. The summed E-state index contributed by atoms with van der Waals surface area (Å²) in [6, 6.07) is 3.84. The van der Waals surface area contributed by atoms with Crippen molar-refractivity contribution in [3.63, 3.8) is 0 Å². The average Bonchev–Trinajstić information content (AvgIpc) is 2.74. The number of hydrogen-bond donors (Lipinski definition) is 3. The first-order valence-electron chi connectivity index (χ1n) is 11.2. The van der Waals surface area contributed by atoms with Crippen LogP contribution in [0.25, 0.3) is 0 Å². The van der Waals surface area contributed by atoms with Crippen molar-refractivity contribution in [3.8, 4) is 5.75 Å². The van der Waals surface area contributed by atoms with E-state index in [2.05, 4.69) is 10.0 Å². The van der Waals surface area contributed by atoms with Gasteiger partial charge in [-0.1, -0.05) is 37.4 Å². The Balaban J connectivity index is 1.82. The molecule has 1 heterocycles. The second-order valence-electron chi connectivity index (χ2n) is 8.18. The molecule has 0 radical (unpaired) electrons. The number of sulfonamides is 1. The van der Waals surface area contributed by atoms with Crippen LogP contribution in [0.4, 0.5) is 0 Å². The second kappa shape index (κ2) is 13.3. The lowest BCUT2D eigenvalue weighted by Gasteiger charge is -2.22. The van der Waals surface area contributed by atoms with Crippen molar-refractivity contribution in [3.05, 3.63) is 28.8 Å². The summed E-state index contributed by atoms with van der Waals surface area (Å²) in [6.07, 6.45) is 7.01. The SMILES string of the molecule is CCCCS(=O)(=O)N[C@@H](Cc1ccc(OCCCCC2CCNCC2)cc1Cl)C(=O)O. The Bertz CT molecular complexity index is 797. The fourth-order valence-electron chi connectivity index (χ4n) is 3.69. The van der Waals surface area contributed by atoms with Crippen LogP contribution in [0.1, 0.15) is 57.4 Å². The lowest BCUT2D eigenvalue weighted by atomic mass is 9.93. The number of hydrogen-bond acceptors (Lipinski definition) is 5. The van der Waals surface area contributed by atoms with Crippen LogP contribution >= 0.6 is 11.6 Å². The zero-order chi connectivity index (χ0) is 22.7. The molecule has 0 unspecified atom stereocenters. The fraction of sp³-hybridized carbons (Fsp3) is 0.682. The molecule has 0 bridgehead atoms. The van der Waals surface area contributed by atoms with Gasteiger partial charge in [-0.25, -0.2) is 13.1 Å². The molecule has 1 aromatic rings.